The fraction of sp³-hybridized carbons (Fsp3) is 0.273. The molecule has 0 bridgehead atoms. The highest BCUT2D eigenvalue weighted by molar-refractivity contribution is 6.03. The summed E-state index contributed by atoms with van der Waals surface area (Å²) in [6, 6.07) is 15.2. The molecule has 0 amide bonds. The zero-order chi connectivity index (χ0) is 19.7. The molecule has 0 saturated heterocycles. The lowest BCUT2D eigenvalue weighted by atomic mass is 10.0. The molecule has 28 heavy (non-hydrogen) atoms. The van der Waals surface area contributed by atoms with E-state index in [0.29, 0.717) is 24.5 Å². The molecule has 2 aromatic carbocycles. The Balaban J connectivity index is 1.59. The Hall–Kier alpha value is -3.28. The minimum Gasteiger partial charge on any atom is -0.497 e. The Morgan fingerprint density at radius 3 is 2.75 bits per heavy atom. The molecule has 0 radical (unpaired) electrons. The van der Waals surface area contributed by atoms with Crippen molar-refractivity contribution in [1.82, 2.24) is 4.57 Å². The summed E-state index contributed by atoms with van der Waals surface area (Å²) < 4.78 is 12.5. The van der Waals surface area contributed by atoms with Crippen LogP contribution in [0.3, 0.4) is 0 Å². The van der Waals surface area contributed by atoms with Gasteiger partial charge in [0, 0.05) is 29.5 Å². The average Bonchev–Trinajstić information content (AvgIpc) is 3.19. The lowest BCUT2D eigenvalue weighted by Crippen LogP contribution is -2.27. The van der Waals surface area contributed by atoms with Gasteiger partial charge in [-0.2, -0.15) is 0 Å². The van der Waals surface area contributed by atoms with E-state index in [9.17, 15) is 4.79 Å². The molecule has 3 aromatic rings. The summed E-state index contributed by atoms with van der Waals surface area (Å²) in [6.45, 7) is 2.39. The monoisotopic (exact) mass is 378 g/mol. The van der Waals surface area contributed by atoms with Gasteiger partial charge < -0.3 is 18.9 Å². The number of benzene rings is 2. The lowest BCUT2D eigenvalue weighted by Gasteiger charge is -2.15. The van der Waals surface area contributed by atoms with Crippen molar-refractivity contribution in [1.29, 1.82) is 0 Å². The summed E-state index contributed by atoms with van der Waals surface area (Å²) in [7, 11) is 3.23. The van der Waals surface area contributed by atoms with Gasteiger partial charge in [0.2, 0.25) is 0 Å². The summed E-state index contributed by atoms with van der Waals surface area (Å²) >= 11 is 0. The third-order valence-corrected chi connectivity index (χ3v) is 5.06. The van der Waals surface area contributed by atoms with E-state index in [1.54, 1.807) is 24.9 Å². The number of hydrogen-bond acceptors (Lipinski definition) is 5. The van der Waals surface area contributed by atoms with E-state index >= 15 is 0 Å². The highest BCUT2D eigenvalue weighted by Crippen LogP contribution is 2.29. The summed E-state index contributed by atoms with van der Waals surface area (Å²) in [4.78, 5) is 18.3. The van der Waals surface area contributed by atoms with Crippen LogP contribution in [0.2, 0.25) is 0 Å². The molecule has 0 aliphatic carbocycles. The SMILES string of the molecule is COc1ccc(C2=NO[C@@H](Cn3c(=O)cc(C)c4ccccc43)C2)c(OC)c1. The second-order valence-electron chi connectivity index (χ2n) is 6.83. The first kappa shape index (κ1) is 18.1. The van der Waals surface area contributed by atoms with Crippen molar-refractivity contribution in [2.75, 3.05) is 14.2 Å². The Bertz CT molecular complexity index is 1120. The molecule has 0 N–H and O–H groups in total. The standard InChI is InChI=1S/C22H22N2O4/c1-14-10-22(25)24(20-7-5-4-6-17(14)20)13-16-11-19(23-28-16)18-9-8-15(26-2)12-21(18)27-3/h4-10,12,16H,11,13H2,1-3H3/t16-/m1/s1. The fourth-order valence-corrected chi connectivity index (χ4v) is 3.62. The maximum atomic E-state index is 12.6. The fourth-order valence-electron chi connectivity index (χ4n) is 3.62. The van der Waals surface area contributed by atoms with Crippen LogP contribution in [-0.4, -0.2) is 30.6 Å². The third-order valence-electron chi connectivity index (χ3n) is 5.06. The number of nitrogens with zero attached hydrogens (tertiary/aromatic N) is 2. The smallest absolute Gasteiger partial charge is 0.251 e. The normalized spacial score (nSPS) is 16.0. The van der Waals surface area contributed by atoms with Crippen molar-refractivity contribution < 1.29 is 14.3 Å². The van der Waals surface area contributed by atoms with Crippen molar-refractivity contribution in [2.24, 2.45) is 5.16 Å². The van der Waals surface area contributed by atoms with Crippen LogP contribution in [-0.2, 0) is 11.4 Å². The Labute approximate surface area is 163 Å². The molecule has 0 fully saturated rings. The summed E-state index contributed by atoms with van der Waals surface area (Å²) in [5.74, 6) is 1.40. The minimum atomic E-state index is -0.217. The van der Waals surface area contributed by atoms with E-state index in [1.165, 1.54) is 0 Å². The Morgan fingerprint density at radius 2 is 1.96 bits per heavy atom. The van der Waals surface area contributed by atoms with Gasteiger partial charge in [-0.25, -0.2) is 0 Å². The van der Waals surface area contributed by atoms with Crippen LogP contribution in [0.25, 0.3) is 10.9 Å². The molecule has 0 spiro atoms. The second kappa shape index (κ2) is 7.38. The largest absolute Gasteiger partial charge is 0.497 e. The Kier molecular flexibility index (Phi) is 4.77. The number of hydrogen-bond donors (Lipinski definition) is 0. The van der Waals surface area contributed by atoms with Gasteiger partial charge in [-0.3, -0.25) is 4.79 Å². The molecular formula is C22H22N2O4. The first-order chi connectivity index (χ1) is 13.6. The maximum absolute atomic E-state index is 12.6. The van der Waals surface area contributed by atoms with Crippen molar-refractivity contribution in [2.45, 2.75) is 26.0 Å². The predicted octanol–water partition coefficient (Wildman–Crippen LogP) is 3.52. The van der Waals surface area contributed by atoms with Crippen LogP contribution in [0.4, 0.5) is 0 Å². The van der Waals surface area contributed by atoms with Crippen molar-refractivity contribution in [3.8, 4) is 11.5 Å². The molecule has 1 aromatic heterocycles. The van der Waals surface area contributed by atoms with Gasteiger partial charge >= 0.3 is 0 Å². The number of fused-ring (bicyclic) bond motifs is 1. The molecule has 1 atom stereocenters. The molecule has 144 valence electrons. The van der Waals surface area contributed by atoms with E-state index in [4.69, 9.17) is 14.3 Å². The molecule has 4 rings (SSSR count). The van der Waals surface area contributed by atoms with Crippen LogP contribution >= 0.6 is 0 Å². The van der Waals surface area contributed by atoms with Crippen LogP contribution in [0.15, 0.2) is 58.5 Å². The van der Waals surface area contributed by atoms with E-state index in [1.807, 2.05) is 49.4 Å². The molecule has 2 heterocycles. The minimum absolute atomic E-state index is 0.0321. The number of oxime groups is 1. The second-order valence-corrected chi connectivity index (χ2v) is 6.83. The first-order valence-electron chi connectivity index (χ1n) is 9.15. The van der Waals surface area contributed by atoms with Crippen molar-refractivity contribution in [3.05, 3.63) is 70.0 Å². The van der Waals surface area contributed by atoms with Gasteiger partial charge in [-0.05, 0) is 30.7 Å². The molecular weight excluding hydrogens is 356 g/mol. The van der Waals surface area contributed by atoms with Gasteiger partial charge in [0.25, 0.3) is 5.56 Å². The van der Waals surface area contributed by atoms with Crippen molar-refractivity contribution >= 4 is 16.6 Å². The molecule has 6 heteroatoms. The molecule has 1 aliphatic heterocycles. The molecule has 6 nitrogen and oxygen atoms in total. The average molecular weight is 378 g/mol. The number of para-hydroxylation sites is 1. The quantitative estimate of drug-likeness (QED) is 0.682. The zero-order valence-electron chi connectivity index (χ0n) is 16.1. The van der Waals surface area contributed by atoms with Gasteiger partial charge in [0.15, 0.2) is 6.10 Å². The van der Waals surface area contributed by atoms with Gasteiger partial charge in [-0.1, -0.05) is 23.4 Å². The summed E-state index contributed by atoms with van der Waals surface area (Å²) in [5.41, 5.74) is 3.52. The highest BCUT2D eigenvalue weighted by atomic mass is 16.6. The number of aromatic nitrogens is 1. The molecule has 0 unspecified atom stereocenters. The topological polar surface area (TPSA) is 62.0 Å². The van der Waals surface area contributed by atoms with Gasteiger partial charge in [-0.15, -0.1) is 0 Å². The lowest BCUT2D eigenvalue weighted by molar-refractivity contribution is 0.0727. The maximum Gasteiger partial charge on any atom is 0.251 e. The molecule has 1 aliphatic rings. The highest BCUT2D eigenvalue weighted by Gasteiger charge is 2.26. The molecule has 0 saturated carbocycles. The summed E-state index contributed by atoms with van der Waals surface area (Å²) in [5, 5.41) is 5.32. The van der Waals surface area contributed by atoms with Gasteiger partial charge in [0.05, 0.1) is 32.0 Å². The first-order valence-corrected chi connectivity index (χ1v) is 9.15. The zero-order valence-corrected chi connectivity index (χ0v) is 16.1. The Morgan fingerprint density at radius 1 is 1.14 bits per heavy atom. The number of aryl methyl sites for hydroxylation is 1. The van der Waals surface area contributed by atoms with Gasteiger partial charge in [0.1, 0.15) is 11.5 Å². The van der Waals surface area contributed by atoms with Crippen LogP contribution in [0.5, 0.6) is 11.5 Å². The predicted molar refractivity (Wildman–Crippen MR) is 109 cm³/mol. The number of pyridine rings is 1. The van der Waals surface area contributed by atoms with E-state index in [-0.39, 0.29) is 11.7 Å². The van der Waals surface area contributed by atoms with E-state index in [2.05, 4.69) is 5.16 Å². The van der Waals surface area contributed by atoms with Crippen LogP contribution in [0, 0.1) is 6.92 Å². The number of rotatable bonds is 5. The number of ether oxygens (including phenoxy) is 2. The summed E-state index contributed by atoms with van der Waals surface area (Å²) in [6.07, 6.45) is 0.378. The third kappa shape index (κ3) is 3.22. The van der Waals surface area contributed by atoms with E-state index < -0.39 is 0 Å². The number of methoxy groups -OCH3 is 2. The van der Waals surface area contributed by atoms with Crippen molar-refractivity contribution in [3.63, 3.8) is 0 Å². The van der Waals surface area contributed by atoms with Crippen LogP contribution in [0.1, 0.15) is 17.5 Å². The van der Waals surface area contributed by atoms with Crippen LogP contribution < -0.4 is 15.0 Å². The van der Waals surface area contributed by atoms with E-state index in [0.717, 1.165) is 27.7 Å².